The Kier molecular flexibility index (Phi) is 8.16. The zero-order chi connectivity index (χ0) is 29.3. The van der Waals surface area contributed by atoms with Crippen LogP contribution in [-0.4, -0.2) is 50.2 Å². The Bertz CT molecular complexity index is 1630. The molecular weight excluding hydrogens is 591 g/mol. The number of nitrogens with one attached hydrogen (secondary N) is 2. The van der Waals surface area contributed by atoms with Gasteiger partial charge in [0.1, 0.15) is 17.5 Å². The maximum absolute atomic E-state index is 14.0. The van der Waals surface area contributed by atoms with E-state index in [1.165, 1.54) is 17.0 Å². The van der Waals surface area contributed by atoms with Crippen LogP contribution in [0.1, 0.15) is 38.3 Å². The van der Waals surface area contributed by atoms with Crippen molar-refractivity contribution in [3.8, 4) is 11.4 Å². The van der Waals surface area contributed by atoms with Crippen molar-refractivity contribution in [1.29, 1.82) is 0 Å². The van der Waals surface area contributed by atoms with Crippen LogP contribution in [0, 0.1) is 18.7 Å². The van der Waals surface area contributed by atoms with Crippen LogP contribution in [0.5, 0.6) is 0 Å². The van der Waals surface area contributed by atoms with Crippen LogP contribution in [0.3, 0.4) is 0 Å². The number of piperidine rings is 1. The third-order valence-corrected chi connectivity index (χ3v) is 7.71. The Morgan fingerprint density at radius 3 is 2.46 bits per heavy atom. The molecule has 3 amide bonds. The summed E-state index contributed by atoms with van der Waals surface area (Å²) in [5, 5.41) is 5.57. The maximum Gasteiger partial charge on any atom is 0.313 e. The number of aromatic nitrogens is 3. The van der Waals surface area contributed by atoms with E-state index in [1.54, 1.807) is 30.5 Å². The van der Waals surface area contributed by atoms with Crippen LogP contribution in [-0.2, 0) is 14.4 Å². The maximum atomic E-state index is 14.0. The molecule has 212 valence electrons. The number of hydrogen-bond donors (Lipinski definition) is 2. The summed E-state index contributed by atoms with van der Waals surface area (Å²) in [6.45, 7) is 6.43. The van der Waals surface area contributed by atoms with Gasteiger partial charge in [0.15, 0.2) is 0 Å². The molecule has 0 spiro atoms. The molecule has 2 N–H and O–H groups in total. The van der Waals surface area contributed by atoms with Crippen molar-refractivity contribution in [2.75, 3.05) is 23.7 Å². The van der Waals surface area contributed by atoms with Crippen molar-refractivity contribution in [2.24, 2.45) is 5.92 Å². The van der Waals surface area contributed by atoms with Crippen molar-refractivity contribution < 1.29 is 18.8 Å². The largest absolute Gasteiger partial charge is 0.334 e. The van der Waals surface area contributed by atoms with Crippen LogP contribution in [0.15, 0.2) is 59.2 Å². The smallest absolute Gasteiger partial charge is 0.313 e. The van der Waals surface area contributed by atoms with E-state index in [4.69, 9.17) is 4.98 Å². The third kappa shape index (κ3) is 6.14. The summed E-state index contributed by atoms with van der Waals surface area (Å²) in [6.07, 6.45) is 2.50. The van der Waals surface area contributed by atoms with Gasteiger partial charge in [-0.2, -0.15) is 0 Å². The van der Waals surface area contributed by atoms with E-state index in [1.807, 2.05) is 37.5 Å². The molecule has 1 aliphatic heterocycles. The molecule has 11 heteroatoms. The molecule has 0 saturated carbocycles. The molecule has 0 aliphatic carbocycles. The van der Waals surface area contributed by atoms with E-state index in [0.29, 0.717) is 54.3 Å². The average molecular weight is 622 g/mol. The lowest BCUT2D eigenvalue weighted by Gasteiger charge is -2.30. The molecule has 0 radical (unpaired) electrons. The number of nitrogens with zero attached hydrogens (tertiary/aromatic N) is 4. The molecule has 0 atom stereocenters. The van der Waals surface area contributed by atoms with Crippen LogP contribution in [0.2, 0.25) is 0 Å². The summed E-state index contributed by atoms with van der Waals surface area (Å²) < 4.78 is 16.8. The van der Waals surface area contributed by atoms with Gasteiger partial charge in [0.25, 0.3) is 0 Å². The molecule has 0 bridgehead atoms. The third-order valence-electron chi connectivity index (χ3n) is 7.24. The van der Waals surface area contributed by atoms with E-state index >= 15 is 0 Å². The minimum Gasteiger partial charge on any atom is -0.334 e. The number of pyridine rings is 1. The Hall–Kier alpha value is -4.12. The SMILES string of the molecule is Cc1ccc(-c2nc3ccc(F)cc3n2C(C)C)cc1NC(=O)C(=O)N1CCC(C(=O)Nc2ccc(Br)cn2)CC1. The lowest BCUT2D eigenvalue weighted by Crippen LogP contribution is -2.45. The molecular formula is C30H30BrFN6O3. The highest BCUT2D eigenvalue weighted by Crippen LogP contribution is 2.31. The first-order valence-electron chi connectivity index (χ1n) is 13.4. The highest BCUT2D eigenvalue weighted by atomic mass is 79.9. The first-order valence-corrected chi connectivity index (χ1v) is 14.2. The fraction of sp³-hybridized carbons (Fsp3) is 0.300. The van der Waals surface area contributed by atoms with Crippen molar-refractivity contribution in [3.63, 3.8) is 0 Å². The van der Waals surface area contributed by atoms with Gasteiger partial charge in [-0.15, -0.1) is 0 Å². The number of benzene rings is 2. The molecule has 2 aromatic heterocycles. The molecule has 9 nitrogen and oxygen atoms in total. The van der Waals surface area contributed by atoms with Gasteiger partial charge < -0.3 is 20.1 Å². The van der Waals surface area contributed by atoms with Gasteiger partial charge in [-0.05, 0) is 91.5 Å². The minimum absolute atomic E-state index is 0.00820. The molecule has 1 saturated heterocycles. The highest BCUT2D eigenvalue weighted by molar-refractivity contribution is 9.10. The van der Waals surface area contributed by atoms with E-state index in [-0.39, 0.29) is 23.7 Å². The van der Waals surface area contributed by atoms with E-state index in [2.05, 4.69) is 31.5 Å². The summed E-state index contributed by atoms with van der Waals surface area (Å²) in [5.41, 5.74) is 3.36. The number of carbonyl (C=O) groups is 3. The first kappa shape index (κ1) is 28.4. The number of anilines is 2. The quantitative estimate of drug-likeness (QED) is 0.278. The van der Waals surface area contributed by atoms with E-state index in [0.717, 1.165) is 15.6 Å². The number of fused-ring (bicyclic) bond motifs is 1. The predicted molar refractivity (Wildman–Crippen MR) is 159 cm³/mol. The summed E-state index contributed by atoms with van der Waals surface area (Å²) in [4.78, 5) is 49.0. The lowest BCUT2D eigenvalue weighted by molar-refractivity contribution is -0.144. The van der Waals surface area contributed by atoms with Gasteiger partial charge in [-0.25, -0.2) is 14.4 Å². The zero-order valence-corrected chi connectivity index (χ0v) is 24.5. The topological polar surface area (TPSA) is 109 Å². The number of carbonyl (C=O) groups excluding carboxylic acids is 3. The molecule has 1 aliphatic rings. The van der Waals surface area contributed by atoms with Gasteiger partial charge in [0, 0.05) is 47.0 Å². The Balaban J connectivity index is 1.26. The number of likely N-dealkylation sites (tertiary alicyclic amines) is 1. The van der Waals surface area contributed by atoms with E-state index in [9.17, 15) is 18.8 Å². The summed E-state index contributed by atoms with van der Waals surface area (Å²) in [7, 11) is 0. The van der Waals surface area contributed by atoms with Crippen LogP contribution >= 0.6 is 15.9 Å². The number of aryl methyl sites for hydroxylation is 1. The summed E-state index contributed by atoms with van der Waals surface area (Å²) >= 11 is 3.31. The average Bonchev–Trinajstić information content (AvgIpc) is 3.34. The molecule has 1 fully saturated rings. The Morgan fingerprint density at radius 1 is 1.02 bits per heavy atom. The number of imidazole rings is 1. The Morgan fingerprint density at radius 2 is 1.78 bits per heavy atom. The number of hydrogen-bond acceptors (Lipinski definition) is 5. The van der Waals surface area contributed by atoms with Crippen molar-refractivity contribution in [2.45, 2.75) is 39.7 Å². The molecule has 3 heterocycles. The van der Waals surface area contributed by atoms with Gasteiger partial charge in [-0.3, -0.25) is 14.4 Å². The second-order valence-corrected chi connectivity index (χ2v) is 11.3. The first-order chi connectivity index (χ1) is 19.6. The summed E-state index contributed by atoms with van der Waals surface area (Å²) in [6, 6.07) is 13.5. The van der Waals surface area contributed by atoms with Gasteiger partial charge >= 0.3 is 11.8 Å². The molecule has 5 rings (SSSR count). The van der Waals surface area contributed by atoms with Gasteiger partial charge in [-0.1, -0.05) is 12.1 Å². The molecule has 4 aromatic rings. The number of rotatable bonds is 5. The van der Waals surface area contributed by atoms with Gasteiger partial charge in [0.05, 0.1) is 11.0 Å². The number of halogens is 2. The molecule has 41 heavy (non-hydrogen) atoms. The number of amides is 3. The normalized spacial score (nSPS) is 14.0. The van der Waals surface area contributed by atoms with Crippen LogP contribution in [0.4, 0.5) is 15.9 Å². The standard InChI is InChI=1S/C30H30BrFN6O3/c1-17(2)38-25-15-22(32)7-8-23(25)34-27(38)20-5-4-18(3)24(14-20)35-29(40)30(41)37-12-10-19(11-13-37)28(39)36-26-9-6-21(31)16-33-26/h4-9,14-17,19H,10-13H2,1-3H3,(H,35,40)(H,33,36,39). The van der Waals surface area contributed by atoms with Crippen LogP contribution < -0.4 is 10.6 Å². The fourth-order valence-electron chi connectivity index (χ4n) is 5.03. The van der Waals surface area contributed by atoms with Crippen LogP contribution in [0.25, 0.3) is 22.4 Å². The highest BCUT2D eigenvalue weighted by Gasteiger charge is 2.30. The monoisotopic (exact) mass is 620 g/mol. The molecule has 2 aromatic carbocycles. The second kappa shape index (κ2) is 11.8. The predicted octanol–water partition coefficient (Wildman–Crippen LogP) is 5.71. The van der Waals surface area contributed by atoms with Gasteiger partial charge in [0.2, 0.25) is 5.91 Å². The Labute approximate surface area is 245 Å². The second-order valence-electron chi connectivity index (χ2n) is 10.4. The van der Waals surface area contributed by atoms with E-state index < -0.39 is 11.8 Å². The summed E-state index contributed by atoms with van der Waals surface area (Å²) in [5.74, 6) is -1.06. The minimum atomic E-state index is -0.744. The lowest BCUT2D eigenvalue weighted by atomic mass is 9.96. The zero-order valence-electron chi connectivity index (χ0n) is 22.9. The fourth-order valence-corrected chi connectivity index (χ4v) is 5.27. The van der Waals surface area contributed by atoms with Crippen molar-refractivity contribution in [1.82, 2.24) is 19.4 Å². The van der Waals surface area contributed by atoms with Crippen molar-refractivity contribution >= 4 is 56.2 Å². The molecule has 0 unspecified atom stereocenters. The van der Waals surface area contributed by atoms with Crippen molar-refractivity contribution in [3.05, 3.63) is 70.6 Å².